The first-order valence-electron chi connectivity index (χ1n) is 12.1. The highest BCUT2D eigenvalue weighted by Crippen LogP contribution is 2.29. The molecule has 1 aliphatic carbocycles. The summed E-state index contributed by atoms with van der Waals surface area (Å²) in [6.45, 7) is 11.0. The number of aromatic nitrogens is 1. The zero-order chi connectivity index (χ0) is 25.4. The largest absolute Gasteiger partial charge is 0.310 e. The van der Waals surface area contributed by atoms with E-state index >= 15 is 0 Å². The zero-order valence-electron chi connectivity index (χ0n) is 22.3. The molecule has 1 saturated carbocycles. The Labute approximate surface area is 206 Å². The number of carbonyl (C=O) groups excluding carboxylic acids is 2. The maximum Gasteiger partial charge on any atom is 0.188 e. The molecule has 6 heteroatoms. The van der Waals surface area contributed by atoms with Crippen LogP contribution < -0.4 is 0 Å². The van der Waals surface area contributed by atoms with Gasteiger partial charge in [0.15, 0.2) is 11.6 Å². The SMILES string of the molecule is C1CCCC1.CC.CC(=O)c1cccc(-c2nc(C)c(C(=O)CN(C)C)s2)c1.CCN(C)C. The summed E-state index contributed by atoms with van der Waals surface area (Å²) in [7, 11) is 7.84. The molecule has 2 aromatic rings. The predicted octanol–water partition coefficient (Wildman–Crippen LogP) is 6.61. The van der Waals surface area contributed by atoms with Gasteiger partial charge in [0, 0.05) is 11.1 Å². The smallest absolute Gasteiger partial charge is 0.188 e. The summed E-state index contributed by atoms with van der Waals surface area (Å²) in [5, 5.41) is 0.776. The fourth-order valence-electron chi connectivity index (χ4n) is 2.89. The molecule has 1 heterocycles. The van der Waals surface area contributed by atoms with E-state index in [0.29, 0.717) is 17.0 Å². The Kier molecular flexibility index (Phi) is 16.6. The molecule has 0 atom stereocenters. The van der Waals surface area contributed by atoms with Gasteiger partial charge in [-0.1, -0.05) is 71.1 Å². The Morgan fingerprint density at radius 3 is 1.91 bits per heavy atom. The van der Waals surface area contributed by atoms with Gasteiger partial charge in [0.25, 0.3) is 0 Å². The molecule has 1 aromatic carbocycles. The van der Waals surface area contributed by atoms with E-state index < -0.39 is 0 Å². The van der Waals surface area contributed by atoms with Gasteiger partial charge in [0.1, 0.15) is 5.01 Å². The van der Waals surface area contributed by atoms with Gasteiger partial charge in [0.2, 0.25) is 0 Å². The molecule has 0 saturated heterocycles. The fourth-order valence-corrected chi connectivity index (χ4v) is 3.89. The lowest BCUT2D eigenvalue weighted by atomic mass is 10.1. The molecule has 0 aliphatic heterocycles. The van der Waals surface area contributed by atoms with E-state index in [2.05, 4.69) is 30.9 Å². The van der Waals surface area contributed by atoms with E-state index in [0.717, 1.165) is 22.8 Å². The number of Topliss-reactive ketones (excluding diaryl/α,β-unsaturated/α-hetero) is 2. The second-order valence-corrected chi connectivity index (χ2v) is 9.39. The third-order valence-electron chi connectivity index (χ3n) is 4.91. The molecule has 1 fully saturated rings. The molecule has 5 nitrogen and oxygen atoms in total. The van der Waals surface area contributed by atoms with Gasteiger partial charge in [-0.2, -0.15) is 0 Å². The van der Waals surface area contributed by atoms with Crippen LogP contribution in [-0.4, -0.2) is 67.6 Å². The number of thiazole rings is 1. The van der Waals surface area contributed by atoms with Crippen LogP contribution >= 0.6 is 11.3 Å². The van der Waals surface area contributed by atoms with Gasteiger partial charge in [-0.3, -0.25) is 9.59 Å². The summed E-state index contributed by atoms with van der Waals surface area (Å²) < 4.78 is 0. The van der Waals surface area contributed by atoms with Crippen LogP contribution in [0.3, 0.4) is 0 Å². The van der Waals surface area contributed by atoms with Crippen molar-refractivity contribution in [3.63, 3.8) is 0 Å². The molecule has 1 aliphatic rings. The number of hydrogen-bond donors (Lipinski definition) is 0. The molecule has 0 N–H and O–H groups in total. The minimum Gasteiger partial charge on any atom is -0.310 e. The highest BCUT2D eigenvalue weighted by molar-refractivity contribution is 7.17. The first kappa shape index (κ1) is 31.1. The van der Waals surface area contributed by atoms with Crippen LogP contribution in [0.1, 0.15) is 85.5 Å². The van der Waals surface area contributed by atoms with Crippen molar-refractivity contribution in [1.82, 2.24) is 14.8 Å². The van der Waals surface area contributed by atoms with Crippen LogP contribution in [0, 0.1) is 6.92 Å². The summed E-state index contributed by atoms with van der Waals surface area (Å²) in [5.41, 5.74) is 2.27. The predicted molar refractivity (Wildman–Crippen MR) is 144 cm³/mol. The second kappa shape index (κ2) is 17.6. The average Bonchev–Trinajstić information content (AvgIpc) is 3.48. The maximum atomic E-state index is 12.2. The van der Waals surface area contributed by atoms with Crippen molar-refractivity contribution in [1.29, 1.82) is 0 Å². The lowest BCUT2D eigenvalue weighted by molar-refractivity contribution is 0.0959. The summed E-state index contributed by atoms with van der Waals surface area (Å²) in [4.78, 5) is 32.8. The molecule has 0 radical (unpaired) electrons. The number of carbonyl (C=O) groups is 2. The fraction of sp³-hybridized carbons (Fsp3) is 0.593. The minimum atomic E-state index is 0.0223. The number of aryl methyl sites for hydroxylation is 1. The van der Waals surface area contributed by atoms with Gasteiger partial charge < -0.3 is 9.80 Å². The van der Waals surface area contributed by atoms with Crippen LogP contribution in [0.2, 0.25) is 0 Å². The standard InChI is InChI=1S/C16H18N2O2S.C5H10.C4H11N.C2H6/c1-10-15(14(20)9-18(3)4)21-16(17-10)13-7-5-6-12(8-13)11(2)19;1-2-4-5-3-1;1-4-5(2)3;1-2/h5-8H,9H2,1-4H3;1-5H2;4H2,1-3H3;1-2H3. The summed E-state index contributed by atoms with van der Waals surface area (Å²) in [6, 6.07) is 7.35. The van der Waals surface area contributed by atoms with Crippen LogP contribution in [0.4, 0.5) is 0 Å². The number of hydrogen-bond acceptors (Lipinski definition) is 6. The molecule has 0 spiro atoms. The molecule has 186 valence electrons. The third kappa shape index (κ3) is 12.8. The van der Waals surface area contributed by atoms with Crippen molar-refractivity contribution < 1.29 is 9.59 Å². The van der Waals surface area contributed by atoms with Crippen LogP contribution in [0.15, 0.2) is 24.3 Å². The quantitative estimate of drug-likeness (QED) is 0.440. The molecule has 1 aromatic heterocycles. The lowest BCUT2D eigenvalue weighted by Crippen LogP contribution is -2.21. The third-order valence-corrected chi connectivity index (χ3v) is 6.16. The Morgan fingerprint density at radius 1 is 0.970 bits per heavy atom. The van der Waals surface area contributed by atoms with Crippen LogP contribution in [-0.2, 0) is 0 Å². The van der Waals surface area contributed by atoms with Crippen molar-refractivity contribution in [2.45, 2.75) is 66.7 Å². The molecular formula is C27H45N3O2S. The van der Waals surface area contributed by atoms with Crippen molar-refractivity contribution >= 4 is 22.9 Å². The highest BCUT2D eigenvalue weighted by atomic mass is 32.1. The van der Waals surface area contributed by atoms with E-state index in [-0.39, 0.29) is 11.6 Å². The van der Waals surface area contributed by atoms with Crippen molar-refractivity contribution in [2.75, 3.05) is 41.3 Å². The zero-order valence-corrected chi connectivity index (χ0v) is 23.1. The number of ketones is 2. The van der Waals surface area contributed by atoms with E-state index in [4.69, 9.17) is 0 Å². The second-order valence-electron chi connectivity index (χ2n) is 8.40. The van der Waals surface area contributed by atoms with Crippen molar-refractivity contribution in [3.8, 4) is 10.6 Å². The minimum absolute atomic E-state index is 0.0223. The number of nitrogens with zero attached hydrogens (tertiary/aromatic N) is 3. The van der Waals surface area contributed by atoms with Gasteiger partial charge in [0.05, 0.1) is 17.1 Å². The first-order valence-corrected chi connectivity index (χ1v) is 12.9. The van der Waals surface area contributed by atoms with Gasteiger partial charge in [-0.05, 0) is 54.6 Å². The normalized spacial score (nSPS) is 12.2. The Bertz CT molecular complexity index is 817. The number of rotatable bonds is 6. The number of benzene rings is 1. The summed E-state index contributed by atoms with van der Waals surface area (Å²) in [5.74, 6) is 0.0954. The van der Waals surface area contributed by atoms with Crippen LogP contribution in [0.5, 0.6) is 0 Å². The molecule has 3 rings (SSSR count). The van der Waals surface area contributed by atoms with E-state index in [9.17, 15) is 9.59 Å². The van der Waals surface area contributed by atoms with Gasteiger partial charge >= 0.3 is 0 Å². The number of likely N-dealkylation sites (N-methyl/N-ethyl adjacent to an activating group) is 1. The topological polar surface area (TPSA) is 53.5 Å². The average molecular weight is 476 g/mol. The molecule has 0 amide bonds. The van der Waals surface area contributed by atoms with E-state index in [1.54, 1.807) is 6.07 Å². The van der Waals surface area contributed by atoms with Gasteiger partial charge in [-0.15, -0.1) is 11.3 Å². The Morgan fingerprint density at radius 2 is 1.48 bits per heavy atom. The first-order chi connectivity index (χ1) is 15.6. The lowest BCUT2D eigenvalue weighted by Gasteiger charge is -2.06. The molecule has 0 unspecified atom stereocenters. The Balaban J connectivity index is 0.000000700. The van der Waals surface area contributed by atoms with Gasteiger partial charge in [-0.25, -0.2) is 4.98 Å². The monoisotopic (exact) mass is 475 g/mol. The highest BCUT2D eigenvalue weighted by Gasteiger charge is 2.17. The van der Waals surface area contributed by atoms with E-state index in [1.165, 1.54) is 50.4 Å². The maximum absolute atomic E-state index is 12.2. The molecule has 33 heavy (non-hydrogen) atoms. The van der Waals surface area contributed by atoms with E-state index in [1.807, 2.05) is 58.0 Å². The van der Waals surface area contributed by atoms with Crippen molar-refractivity contribution in [2.24, 2.45) is 0 Å². The van der Waals surface area contributed by atoms with Crippen molar-refractivity contribution in [3.05, 3.63) is 40.4 Å². The van der Waals surface area contributed by atoms with Crippen LogP contribution in [0.25, 0.3) is 10.6 Å². The summed E-state index contributed by atoms with van der Waals surface area (Å²) in [6.07, 6.45) is 7.50. The Hall–Kier alpha value is -1.89. The summed E-state index contributed by atoms with van der Waals surface area (Å²) >= 11 is 1.38. The molecule has 0 bridgehead atoms. The molecular weight excluding hydrogens is 430 g/mol.